The lowest BCUT2D eigenvalue weighted by molar-refractivity contribution is 0.0898. The summed E-state index contributed by atoms with van der Waals surface area (Å²) in [6, 6.07) is 4.59. The van der Waals surface area contributed by atoms with Gasteiger partial charge in [-0.05, 0) is 34.1 Å². The Labute approximate surface area is 177 Å². The summed E-state index contributed by atoms with van der Waals surface area (Å²) in [5, 5.41) is 13.7. The second-order valence-corrected chi connectivity index (χ2v) is 7.27. The topological polar surface area (TPSA) is 115 Å². The lowest BCUT2D eigenvalue weighted by Crippen LogP contribution is -2.35. The summed E-state index contributed by atoms with van der Waals surface area (Å²) in [5.41, 5.74) is 0.257. The van der Waals surface area contributed by atoms with E-state index in [4.69, 9.17) is 27.7 Å². The number of nitrogens with zero attached hydrogens (tertiary/aromatic N) is 4. The number of aromatic nitrogens is 4. The molecule has 0 aliphatic rings. The Kier molecular flexibility index (Phi) is 6.65. The van der Waals surface area contributed by atoms with Gasteiger partial charge in [0.25, 0.3) is 5.91 Å². The number of halogens is 3. The molecule has 0 aliphatic heterocycles. The summed E-state index contributed by atoms with van der Waals surface area (Å²) in [5.74, 6) is -0.808. The minimum atomic E-state index is -0.546. The zero-order chi connectivity index (χ0) is 20.1. The van der Waals surface area contributed by atoms with E-state index in [9.17, 15) is 9.59 Å². The molecule has 0 fully saturated rings. The Morgan fingerprint density at radius 2 is 1.93 bits per heavy atom. The third-order valence-corrected chi connectivity index (χ3v) is 4.41. The molecule has 0 aliphatic carbocycles. The maximum absolute atomic E-state index is 12.1. The van der Waals surface area contributed by atoms with Crippen molar-refractivity contribution in [1.29, 1.82) is 0 Å². The number of carbonyl (C=O) groups is 2. The molecular formula is C16H13BrCl2N6O3. The summed E-state index contributed by atoms with van der Waals surface area (Å²) in [7, 11) is 0. The van der Waals surface area contributed by atoms with E-state index in [1.165, 1.54) is 12.1 Å². The number of rotatable bonds is 7. The molecule has 146 valence electrons. The van der Waals surface area contributed by atoms with E-state index in [0.29, 0.717) is 10.8 Å². The summed E-state index contributed by atoms with van der Waals surface area (Å²) in [6.45, 7) is 0.598. The molecule has 0 bridgehead atoms. The van der Waals surface area contributed by atoms with Crippen LogP contribution in [0.25, 0.3) is 0 Å². The normalized spacial score (nSPS) is 10.7. The second kappa shape index (κ2) is 9.18. The number of nitrogens with one attached hydrogen (secondary N) is 2. The highest BCUT2D eigenvalue weighted by Crippen LogP contribution is 2.20. The average Bonchev–Trinajstić information content (AvgIpc) is 3.29. The van der Waals surface area contributed by atoms with Gasteiger partial charge in [0.05, 0.1) is 21.3 Å². The third kappa shape index (κ3) is 5.31. The highest BCUT2D eigenvalue weighted by Gasteiger charge is 2.16. The number of carbonyl (C=O) groups excluding carboxylic acids is 2. The minimum Gasteiger partial charge on any atom is -0.350 e. The van der Waals surface area contributed by atoms with Gasteiger partial charge in [0, 0.05) is 24.3 Å². The first kappa shape index (κ1) is 20.3. The molecule has 2 N–H and O–H groups in total. The molecule has 0 atom stereocenters. The van der Waals surface area contributed by atoms with Gasteiger partial charge >= 0.3 is 11.8 Å². The molecule has 3 rings (SSSR count). The van der Waals surface area contributed by atoms with Gasteiger partial charge in [-0.1, -0.05) is 28.4 Å². The van der Waals surface area contributed by atoms with Crippen molar-refractivity contribution in [1.82, 2.24) is 30.6 Å². The molecule has 0 unspecified atom stereocenters. The maximum Gasteiger partial charge on any atom is 0.316 e. The van der Waals surface area contributed by atoms with Crippen molar-refractivity contribution in [3.63, 3.8) is 0 Å². The summed E-state index contributed by atoms with van der Waals surface area (Å²) in [6.07, 6.45) is 3.36. The van der Waals surface area contributed by atoms with E-state index in [1.807, 2.05) is 0 Å². The Morgan fingerprint density at radius 1 is 1.18 bits per heavy atom. The van der Waals surface area contributed by atoms with Gasteiger partial charge in [-0.15, -0.1) is 0 Å². The molecule has 2 amide bonds. The predicted octanol–water partition coefficient (Wildman–Crippen LogP) is 2.54. The van der Waals surface area contributed by atoms with Crippen LogP contribution in [-0.2, 0) is 6.54 Å². The van der Waals surface area contributed by atoms with Gasteiger partial charge < -0.3 is 15.2 Å². The molecule has 0 saturated heterocycles. The van der Waals surface area contributed by atoms with E-state index in [-0.39, 0.29) is 36.1 Å². The largest absolute Gasteiger partial charge is 0.350 e. The second-order valence-electron chi connectivity index (χ2n) is 5.51. The van der Waals surface area contributed by atoms with Crippen LogP contribution in [0, 0.1) is 0 Å². The van der Waals surface area contributed by atoms with Gasteiger partial charge in [-0.2, -0.15) is 10.1 Å². The Hall–Kier alpha value is -2.43. The summed E-state index contributed by atoms with van der Waals surface area (Å²) in [4.78, 5) is 28.1. The van der Waals surface area contributed by atoms with Crippen molar-refractivity contribution in [3.05, 3.63) is 62.4 Å². The van der Waals surface area contributed by atoms with Crippen LogP contribution in [0.1, 0.15) is 26.9 Å². The molecule has 3 aromatic rings. The van der Waals surface area contributed by atoms with Gasteiger partial charge in [0.15, 0.2) is 5.82 Å². The Bertz CT molecular complexity index is 1010. The van der Waals surface area contributed by atoms with Crippen LogP contribution < -0.4 is 10.6 Å². The van der Waals surface area contributed by atoms with Crippen molar-refractivity contribution in [2.45, 2.75) is 6.54 Å². The van der Waals surface area contributed by atoms with Gasteiger partial charge in [-0.3, -0.25) is 14.3 Å². The van der Waals surface area contributed by atoms with Crippen molar-refractivity contribution in [2.75, 3.05) is 13.1 Å². The molecule has 12 heteroatoms. The van der Waals surface area contributed by atoms with Crippen LogP contribution in [0.5, 0.6) is 0 Å². The van der Waals surface area contributed by atoms with Crippen molar-refractivity contribution in [3.8, 4) is 0 Å². The smallest absolute Gasteiger partial charge is 0.316 e. The minimum absolute atomic E-state index is 0.159. The molecule has 9 nitrogen and oxygen atoms in total. The van der Waals surface area contributed by atoms with Gasteiger partial charge in [0.1, 0.15) is 6.54 Å². The van der Waals surface area contributed by atoms with Crippen LogP contribution in [0.3, 0.4) is 0 Å². The number of hydrogen-bond donors (Lipinski definition) is 2. The highest BCUT2D eigenvalue weighted by atomic mass is 79.9. The van der Waals surface area contributed by atoms with E-state index in [0.717, 1.165) is 4.47 Å². The molecule has 0 spiro atoms. The Balaban J connectivity index is 1.45. The predicted molar refractivity (Wildman–Crippen MR) is 104 cm³/mol. The van der Waals surface area contributed by atoms with Crippen LogP contribution in [0.4, 0.5) is 0 Å². The monoisotopic (exact) mass is 486 g/mol. The fourth-order valence-corrected chi connectivity index (χ4v) is 2.88. The average molecular weight is 488 g/mol. The molecule has 2 heterocycles. The number of benzene rings is 1. The first-order valence-electron chi connectivity index (χ1n) is 7.94. The van der Waals surface area contributed by atoms with E-state index in [1.54, 1.807) is 23.1 Å². The number of amides is 2. The van der Waals surface area contributed by atoms with Crippen molar-refractivity contribution >= 4 is 50.9 Å². The van der Waals surface area contributed by atoms with Crippen LogP contribution in [0.2, 0.25) is 10.0 Å². The van der Waals surface area contributed by atoms with Crippen LogP contribution >= 0.6 is 39.1 Å². The SMILES string of the molecule is O=C(NCCNC(=O)c1cc(Cl)ccc1Cl)c1nc(Cn2cc(Br)cn2)no1. The first-order chi connectivity index (χ1) is 13.4. The maximum atomic E-state index is 12.1. The molecule has 2 aromatic heterocycles. The number of hydrogen-bond acceptors (Lipinski definition) is 6. The van der Waals surface area contributed by atoms with Gasteiger partial charge in [-0.25, -0.2) is 0 Å². The zero-order valence-electron chi connectivity index (χ0n) is 14.2. The lowest BCUT2D eigenvalue weighted by atomic mass is 10.2. The highest BCUT2D eigenvalue weighted by molar-refractivity contribution is 9.10. The molecular weight excluding hydrogens is 475 g/mol. The van der Waals surface area contributed by atoms with E-state index >= 15 is 0 Å². The fourth-order valence-electron chi connectivity index (χ4n) is 2.17. The Morgan fingerprint density at radius 3 is 2.64 bits per heavy atom. The quantitative estimate of drug-likeness (QED) is 0.495. The molecule has 28 heavy (non-hydrogen) atoms. The zero-order valence-corrected chi connectivity index (χ0v) is 17.3. The van der Waals surface area contributed by atoms with Crippen molar-refractivity contribution < 1.29 is 14.1 Å². The molecule has 0 saturated carbocycles. The van der Waals surface area contributed by atoms with Gasteiger partial charge in [0.2, 0.25) is 0 Å². The summed E-state index contributed by atoms with van der Waals surface area (Å²) < 4.78 is 7.34. The van der Waals surface area contributed by atoms with Crippen LogP contribution in [0.15, 0.2) is 39.6 Å². The first-order valence-corrected chi connectivity index (χ1v) is 9.49. The molecule has 0 radical (unpaired) electrons. The van der Waals surface area contributed by atoms with Crippen LogP contribution in [-0.4, -0.2) is 44.8 Å². The van der Waals surface area contributed by atoms with Crippen molar-refractivity contribution in [2.24, 2.45) is 0 Å². The standard InChI is InChI=1S/C16H13BrCl2N6O3/c17-9-6-22-25(7-9)8-13-23-16(28-24-13)15(27)21-4-3-20-14(26)11-5-10(18)1-2-12(11)19/h1-2,5-7H,3-4,8H2,(H,20,26)(H,21,27). The van der Waals surface area contributed by atoms with E-state index in [2.05, 4.69) is 41.8 Å². The van der Waals surface area contributed by atoms with E-state index < -0.39 is 11.8 Å². The lowest BCUT2D eigenvalue weighted by Gasteiger charge is -2.07. The third-order valence-electron chi connectivity index (χ3n) is 3.44. The molecule has 1 aromatic carbocycles. The summed E-state index contributed by atoms with van der Waals surface area (Å²) >= 11 is 15.1. The fraction of sp³-hybridized carbons (Fsp3) is 0.188.